The zero-order valence-electron chi connectivity index (χ0n) is 56.2. The second kappa shape index (κ2) is 21.2. The van der Waals surface area contributed by atoms with Crippen LogP contribution in [-0.4, -0.2) is 70.6 Å². The lowest BCUT2D eigenvalue weighted by atomic mass is 9.65. The van der Waals surface area contributed by atoms with Gasteiger partial charge in [-0.1, -0.05) is 76.2 Å². The van der Waals surface area contributed by atoms with Gasteiger partial charge >= 0.3 is 0 Å². The van der Waals surface area contributed by atoms with Gasteiger partial charge in [0.2, 0.25) is 0 Å². The van der Waals surface area contributed by atoms with E-state index in [-0.39, 0.29) is 39.9 Å². The summed E-state index contributed by atoms with van der Waals surface area (Å²) in [5.74, 6) is -1.36. The third kappa shape index (κ3) is 9.11. The summed E-state index contributed by atoms with van der Waals surface area (Å²) in [6.07, 6.45) is 0. The largest absolute Gasteiger partial charge is 0.325 e. The Morgan fingerprint density at radius 3 is 1.16 bits per heavy atom. The minimum Gasteiger partial charge on any atom is -0.325 e. The van der Waals surface area contributed by atoms with Crippen LogP contribution < -0.4 is 5.73 Å². The van der Waals surface area contributed by atoms with Crippen molar-refractivity contribution < 1.29 is 19.2 Å². The molecule has 11 nitrogen and oxygen atoms in total. The van der Waals surface area contributed by atoms with Gasteiger partial charge in [-0.3, -0.25) is 29.0 Å². The molecule has 0 fully saturated rings. The average molecular weight is 1400 g/mol. The molecule has 14 rings (SSSR count). The van der Waals surface area contributed by atoms with Gasteiger partial charge in [-0.15, -0.1) is 79.4 Å². The fourth-order valence-corrected chi connectivity index (χ4v) is 24.4. The quantitative estimate of drug-likeness (QED) is 0.118. The summed E-state index contributed by atoms with van der Waals surface area (Å²) in [4.78, 5) is 73.8. The Bertz CT molecular complexity index is 5230. The van der Waals surface area contributed by atoms with E-state index in [1.165, 1.54) is 55.7 Å². The lowest BCUT2D eigenvalue weighted by molar-refractivity contribution is 0.0678. The summed E-state index contributed by atoms with van der Waals surface area (Å²) in [7, 11) is 3.15. The highest BCUT2D eigenvalue weighted by Gasteiger charge is 2.47. The molecule has 9 aromatic heterocycles. The Morgan fingerprint density at radius 2 is 0.742 bits per heavy atom. The summed E-state index contributed by atoms with van der Waals surface area (Å²) in [5, 5.41) is 2.53. The first-order valence-electron chi connectivity index (χ1n) is 31.0. The van der Waals surface area contributed by atoms with Crippen molar-refractivity contribution in [3.63, 3.8) is 0 Å². The first-order valence-corrected chi connectivity index (χ1v) is 38.2. The van der Waals surface area contributed by atoms with E-state index in [4.69, 9.17) is 23.2 Å². The number of hydrogen-bond donors (Lipinski definition) is 1. The van der Waals surface area contributed by atoms with Gasteiger partial charge in [0.1, 0.15) is 22.1 Å². The van der Waals surface area contributed by atoms with E-state index >= 15 is 0 Å². The maximum absolute atomic E-state index is 14.8. The van der Waals surface area contributed by atoms with E-state index in [2.05, 4.69) is 180 Å². The molecule has 0 unspecified atom stereocenters. The van der Waals surface area contributed by atoms with Crippen LogP contribution in [-0.2, 0) is 21.7 Å². The summed E-state index contributed by atoms with van der Waals surface area (Å²) >= 11 is 14.3. The predicted molar refractivity (Wildman–Crippen MR) is 399 cm³/mol. The summed E-state index contributed by atoms with van der Waals surface area (Å²) in [6, 6.07) is 17.8. The van der Waals surface area contributed by atoms with Gasteiger partial charge in [0, 0.05) is 131 Å². The molecule has 4 amide bonds. The topological polar surface area (TPSA) is 152 Å². The number of thiophene rings is 7. The maximum Gasteiger partial charge on any atom is 0.262 e. The van der Waals surface area contributed by atoms with Gasteiger partial charge in [0.25, 0.3) is 23.6 Å². The number of hydrogen-bond acceptors (Lipinski definition) is 18. The minimum absolute atomic E-state index is 0.0353. The molecule has 93 heavy (non-hydrogen) atoms. The molecular formula is C73H73N7O4S9. The number of carbonyl (C=O) groups excluding carboxylic acids is 4. The van der Waals surface area contributed by atoms with Crippen molar-refractivity contribution in [2.75, 3.05) is 14.1 Å². The number of aromatic nitrogens is 4. The van der Waals surface area contributed by atoms with Gasteiger partial charge in [-0.05, 0) is 153 Å². The number of nitrogens with two attached hydrogens (primary N) is 1. The molecule has 11 heterocycles. The molecule has 0 aliphatic carbocycles. The van der Waals surface area contributed by atoms with Crippen molar-refractivity contribution >= 4 is 169 Å². The monoisotopic (exact) mass is 1400 g/mol. The normalized spacial score (nSPS) is 14.6. The molecule has 3 aromatic carbocycles. The van der Waals surface area contributed by atoms with Crippen LogP contribution in [0.2, 0.25) is 0 Å². The van der Waals surface area contributed by atoms with Gasteiger partial charge in [-0.25, -0.2) is 0 Å². The van der Waals surface area contributed by atoms with Crippen molar-refractivity contribution in [2.24, 2.45) is 11.1 Å². The molecule has 2 aliphatic rings. The van der Waals surface area contributed by atoms with Crippen LogP contribution in [0.1, 0.15) is 184 Å². The first-order chi connectivity index (χ1) is 43.4. The Balaban J connectivity index is 0.808. The standard InChI is InChI=1S/C73H73N7O4S9/c1-30-24-39(46-50-52(66(83)79(20)64(50)81)48(56-54(46)75-92-77-56)41-26-32(3)62(89-41)71(14,15)68(7,8)9)86-58(30)38-22-23-44(85-38)69(10,11)72(16,17)63-33(4)27-42(90-63)49-53-51(65(82)80(21)67(53)84)47(55-57(49)78-93-76-55)40-25-31(2)59(87-40)43-28-36-34(5)61-37(35(6)60(36)88-43)29-45(91-61)70(12,13)73(18,19)74/h22-29H,74H2,1-21H3. The molecule has 0 bridgehead atoms. The number of benzene rings is 3. The fourth-order valence-electron chi connectivity index (χ4n) is 13.4. The van der Waals surface area contributed by atoms with Gasteiger partial charge in [-0.2, -0.15) is 17.5 Å². The number of carbonyl (C=O) groups is 4. The molecule has 0 saturated carbocycles. The SMILES string of the molecule is Cc1cc(-c2c3c(c(-c4cc(C)c(C(C)(C)C(C)(C)C)s4)c4nsnc24)C(=O)N(C)C3=O)sc1-c1ccc(C(C)(C)C(C)(C)c2sc(-c3c4c(c(-c5cc(C)c(-c6cc7c(C)c8sc(C(C)(C)C(C)(C)N)cc8c(C)c7s6)s5)c5nsnc35)C(=O)N(C)C4=O)cc2C)s1. The molecule has 0 spiro atoms. The maximum atomic E-state index is 14.8. The summed E-state index contributed by atoms with van der Waals surface area (Å²) in [6.45, 7) is 42.2. The Kier molecular flexibility index (Phi) is 14.7. The van der Waals surface area contributed by atoms with Crippen molar-refractivity contribution in [3.05, 3.63) is 124 Å². The van der Waals surface area contributed by atoms with E-state index in [1.807, 2.05) is 22.7 Å². The fraction of sp³-hybridized carbons (Fsp3) is 0.370. The number of rotatable bonds is 12. The lowest BCUT2D eigenvalue weighted by Crippen LogP contribution is -2.49. The Hall–Kier alpha value is -6.04. The van der Waals surface area contributed by atoms with Crippen molar-refractivity contribution in [3.8, 4) is 61.3 Å². The number of aryl methyl sites for hydroxylation is 6. The van der Waals surface area contributed by atoms with Gasteiger partial charge < -0.3 is 5.73 Å². The second-order valence-electron chi connectivity index (χ2n) is 29.3. The number of imide groups is 2. The molecule has 2 N–H and O–H groups in total. The molecule has 0 atom stereocenters. The van der Waals surface area contributed by atoms with Crippen LogP contribution >= 0.6 is 103 Å². The van der Waals surface area contributed by atoms with Crippen LogP contribution in [0.5, 0.6) is 0 Å². The zero-order valence-corrected chi connectivity index (χ0v) is 63.5. The van der Waals surface area contributed by atoms with Crippen molar-refractivity contribution in [1.29, 1.82) is 0 Å². The number of fused-ring (bicyclic) bond motifs is 6. The van der Waals surface area contributed by atoms with Gasteiger partial charge in [0.15, 0.2) is 0 Å². The van der Waals surface area contributed by atoms with Crippen LogP contribution in [0.15, 0.2) is 48.5 Å². The third-order valence-corrected chi connectivity index (χ3v) is 32.9. The summed E-state index contributed by atoms with van der Waals surface area (Å²) in [5.41, 5.74) is 18.7. The molecule has 478 valence electrons. The lowest BCUT2D eigenvalue weighted by Gasteiger charge is -2.41. The average Bonchev–Trinajstić information content (AvgIpc) is 1.57. The second-order valence-corrected chi connectivity index (χ2v) is 37.8. The first kappa shape index (κ1) is 64.3. The Labute approximate surface area is 579 Å². The molecule has 20 heteroatoms. The van der Waals surface area contributed by atoms with Crippen molar-refractivity contribution in [1.82, 2.24) is 27.3 Å². The molecule has 2 aliphatic heterocycles. The summed E-state index contributed by atoms with van der Waals surface area (Å²) < 4.78 is 22.3. The van der Waals surface area contributed by atoms with Crippen molar-refractivity contribution in [2.45, 2.75) is 159 Å². The van der Waals surface area contributed by atoms with Gasteiger partial charge in [0.05, 0.1) is 45.7 Å². The molecular weight excluding hydrogens is 1330 g/mol. The van der Waals surface area contributed by atoms with E-state index in [0.717, 1.165) is 89.6 Å². The van der Waals surface area contributed by atoms with E-state index < -0.39 is 16.4 Å². The Morgan fingerprint density at radius 1 is 0.366 bits per heavy atom. The number of nitrogens with zero attached hydrogens (tertiary/aromatic N) is 6. The van der Waals surface area contributed by atoms with E-state index in [0.29, 0.717) is 66.6 Å². The minimum atomic E-state index is -0.447. The van der Waals surface area contributed by atoms with Crippen LogP contribution in [0.3, 0.4) is 0 Å². The van der Waals surface area contributed by atoms with Crippen LogP contribution in [0.25, 0.3) is 104 Å². The van der Waals surface area contributed by atoms with E-state index in [9.17, 15) is 19.2 Å². The van der Waals surface area contributed by atoms with Crippen LogP contribution in [0, 0.1) is 47.0 Å². The number of amides is 4. The molecule has 12 aromatic rings. The molecule has 0 radical (unpaired) electrons. The predicted octanol–water partition coefficient (Wildman–Crippen LogP) is 21.3. The molecule has 0 saturated heterocycles. The van der Waals surface area contributed by atoms with Crippen LogP contribution in [0.4, 0.5) is 0 Å². The van der Waals surface area contributed by atoms with E-state index in [1.54, 1.807) is 70.8 Å². The third-order valence-electron chi connectivity index (χ3n) is 21.6. The zero-order chi connectivity index (χ0) is 66.9. The smallest absolute Gasteiger partial charge is 0.262 e. The highest BCUT2D eigenvalue weighted by molar-refractivity contribution is 7.28. The highest BCUT2D eigenvalue weighted by atomic mass is 32.1. The highest BCUT2D eigenvalue weighted by Crippen LogP contribution is 2.58.